The van der Waals surface area contributed by atoms with Gasteiger partial charge in [0.1, 0.15) is 11.6 Å². The minimum absolute atomic E-state index is 0.0664. The molecule has 182 valence electrons. The van der Waals surface area contributed by atoms with Crippen molar-refractivity contribution in [3.8, 4) is 11.6 Å². The zero-order chi connectivity index (χ0) is 24.3. The van der Waals surface area contributed by atoms with Crippen LogP contribution < -0.4 is 14.4 Å². The van der Waals surface area contributed by atoms with Crippen LogP contribution in [0.25, 0.3) is 0 Å². The van der Waals surface area contributed by atoms with Crippen molar-refractivity contribution < 1.29 is 22.6 Å². The second-order valence-electron chi connectivity index (χ2n) is 8.37. The first-order valence-electron chi connectivity index (χ1n) is 10.8. The number of hydrogen-bond donors (Lipinski definition) is 0. The summed E-state index contributed by atoms with van der Waals surface area (Å²) in [6, 6.07) is 8.96. The van der Waals surface area contributed by atoms with Crippen molar-refractivity contribution in [2.45, 2.75) is 38.5 Å². The lowest BCUT2D eigenvalue weighted by molar-refractivity contribution is -0.154. The highest BCUT2D eigenvalue weighted by Gasteiger charge is 2.29. The van der Waals surface area contributed by atoms with Crippen molar-refractivity contribution in [1.29, 1.82) is 0 Å². The van der Waals surface area contributed by atoms with E-state index in [0.29, 0.717) is 25.0 Å². The van der Waals surface area contributed by atoms with Gasteiger partial charge in [-0.15, -0.1) is 10.2 Å². The quantitative estimate of drug-likeness (QED) is 0.360. The molecule has 1 fully saturated rings. The molecular weight excluding hydrogens is 515 g/mol. The SMILES string of the molecule is COc1ccc(Br)c(CN(C)c2nnc(CC3CC3)n2Cc2ccc(OCC(F)(F)F)nc2)c1. The van der Waals surface area contributed by atoms with E-state index in [-0.39, 0.29) is 5.88 Å². The molecule has 1 aliphatic carbocycles. The summed E-state index contributed by atoms with van der Waals surface area (Å²) in [6.07, 6.45) is 0.319. The molecule has 0 radical (unpaired) electrons. The second-order valence-corrected chi connectivity index (χ2v) is 9.23. The van der Waals surface area contributed by atoms with E-state index >= 15 is 0 Å². The number of nitrogens with zero attached hydrogens (tertiary/aromatic N) is 5. The largest absolute Gasteiger partial charge is 0.497 e. The maximum absolute atomic E-state index is 12.4. The molecule has 0 amide bonds. The molecule has 0 spiro atoms. The van der Waals surface area contributed by atoms with E-state index in [1.165, 1.54) is 25.1 Å². The molecule has 2 heterocycles. The first kappa shape index (κ1) is 24.3. The van der Waals surface area contributed by atoms with Crippen molar-refractivity contribution in [3.05, 3.63) is 58.0 Å². The third-order valence-electron chi connectivity index (χ3n) is 5.50. The highest BCUT2D eigenvalue weighted by molar-refractivity contribution is 9.10. The van der Waals surface area contributed by atoms with Gasteiger partial charge in [0.05, 0.1) is 13.7 Å². The zero-order valence-corrected chi connectivity index (χ0v) is 20.4. The average Bonchev–Trinajstić information content (AvgIpc) is 3.54. The monoisotopic (exact) mass is 539 g/mol. The van der Waals surface area contributed by atoms with Crippen LogP contribution in [-0.2, 0) is 19.5 Å². The van der Waals surface area contributed by atoms with E-state index in [1.807, 2.05) is 34.7 Å². The topological polar surface area (TPSA) is 65.3 Å². The van der Waals surface area contributed by atoms with E-state index in [1.54, 1.807) is 13.2 Å². The van der Waals surface area contributed by atoms with Gasteiger partial charge < -0.3 is 14.4 Å². The summed E-state index contributed by atoms with van der Waals surface area (Å²) in [5.41, 5.74) is 1.85. The summed E-state index contributed by atoms with van der Waals surface area (Å²) >= 11 is 3.60. The van der Waals surface area contributed by atoms with Crippen molar-refractivity contribution in [1.82, 2.24) is 19.7 Å². The Hall–Kier alpha value is -2.82. The lowest BCUT2D eigenvalue weighted by Crippen LogP contribution is -2.22. The summed E-state index contributed by atoms with van der Waals surface area (Å²) in [4.78, 5) is 6.04. The minimum atomic E-state index is -4.40. The second kappa shape index (κ2) is 10.2. The Bertz CT molecular complexity index is 1120. The first-order valence-corrected chi connectivity index (χ1v) is 11.6. The Morgan fingerprint density at radius 2 is 1.97 bits per heavy atom. The van der Waals surface area contributed by atoms with Crippen LogP contribution in [0.4, 0.5) is 19.1 Å². The lowest BCUT2D eigenvalue weighted by atomic mass is 10.2. The van der Waals surface area contributed by atoms with Gasteiger partial charge in [0.2, 0.25) is 11.8 Å². The van der Waals surface area contributed by atoms with Gasteiger partial charge in [-0.2, -0.15) is 13.2 Å². The molecule has 0 saturated heterocycles. The zero-order valence-electron chi connectivity index (χ0n) is 18.8. The van der Waals surface area contributed by atoms with Crippen LogP contribution >= 0.6 is 15.9 Å². The van der Waals surface area contributed by atoms with Crippen LogP contribution in [0.5, 0.6) is 11.6 Å². The molecule has 34 heavy (non-hydrogen) atoms. The molecule has 0 bridgehead atoms. The number of halogens is 4. The number of rotatable bonds is 10. The van der Waals surface area contributed by atoms with Gasteiger partial charge in [-0.25, -0.2) is 4.98 Å². The van der Waals surface area contributed by atoms with Crippen LogP contribution in [0, 0.1) is 5.92 Å². The molecule has 1 aromatic carbocycles. The fourth-order valence-electron chi connectivity index (χ4n) is 3.56. The van der Waals surface area contributed by atoms with Gasteiger partial charge >= 0.3 is 6.18 Å². The highest BCUT2D eigenvalue weighted by atomic mass is 79.9. The predicted octanol–water partition coefficient (Wildman–Crippen LogP) is 5.02. The first-order chi connectivity index (χ1) is 16.2. The van der Waals surface area contributed by atoms with Gasteiger partial charge in [0, 0.05) is 36.7 Å². The maximum Gasteiger partial charge on any atom is 0.422 e. The van der Waals surface area contributed by atoms with Crippen LogP contribution in [-0.4, -0.2) is 46.7 Å². The van der Waals surface area contributed by atoms with Crippen LogP contribution in [0.3, 0.4) is 0 Å². The Kier molecular flexibility index (Phi) is 7.30. The Morgan fingerprint density at radius 3 is 2.62 bits per heavy atom. The average molecular weight is 540 g/mol. The molecule has 0 atom stereocenters. The van der Waals surface area contributed by atoms with E-state index in [2.05, 4.69) is 31.1 Å². The summed E-state index contributed by atoms with van der Waals surface area (Å²) < 4.78 is 50.2. The summed E-state index contributed by atoms with van der Waals surface area (Å²) in [5.74, 6) is 2.89. The van der Waals surface area contributed by atoms with E-state index in [0.717, 1.165) is 33.6 Å². The molecular formula is C23H25BrF3N5O2. The Labute approximate surface area is 204 Å². The Morgan fingerprint density at radius 1 is 1.18 bits per heavy atom. The third kappa shape index (κ3) is 6.40. The Balaban J connectivity index is 1.53. The summed E-state index contributed by atoms with van der Waals surface area (Å²) in [7, 11) is 3.57. The number of anilines is 1. The van der Waals surface area contributed by atoms with E-state index in [4.69, 9.17) is 9.47 Å². The molecule has 1 aliphatic rings. The van der Waals surface area contributed by atoms with E-state index < -0.39 is 12.8 Å². The smallest absolute Gasteiger partial charge is 0.422 e. The van der Waals surface area contributed by atoms with Crippen molar-refractivity contribution in [3.63, 3.8) is 0 Å². The van der Waals surface area contributed by atoms with Crippen LogP contribution in [0.15, 0.2) is 41.0 Å². The fraction of sp³-hybridized carbons (Fsp3) is 0.435. The van der Waals surface area contributed by atoms with Crippen molar-refractivity contribution >= 4 is 21.9 Å². The minimum Gasteiger partial charge on any atom is -0.497 e. The fourth-order valence-corrected chi connectivity index (χ4v) is 3.93. The van der Waals surface area contributed by atoms with Gasteiger partial charge in [0.15, 0.2) is 6.61 Å². The van der Waals surface area contributed by atoms with Crippen molar-refractivity contribution in [2.24, 2.45) is 5.92 Å². The number of aromatic nitrogens is 4. The molecule has 0 aliphatic heterocycles. The van der Waals surface area contributed by atoms with Gasteiger partial charge in [0.25, 0.3) is 0 Å². The van der Waals surface area contributed by atoms with Gasteiger partial charge in [-0.3, -0.25) is 4.57 Å². The predicted molar refractivity (Wildman–Crippen MR) is 124 cm³/mol. The number of methoxy groups -OCH3 is 1. The van der Waals surface area contributed by atoms with Gasteiger partial charge in [-0.05, 0) is 48.1 Å². The molecule has 0 N–H and O–H groups in total. The normalized spacial score (nSPS) is 13.7. The molecule has 3 aromatic rings. The highest BCUT2D eigenvalue weighted by Crippen LogP contribution is 2.33. The molecule has 4 rings (SSSR count). The number of benzene rings is 1. The van der Waals surface area contributed by atoms with Crippen LogP contribution in [0.2, 0.25) is 0 Å². The third-order valence-corrected chi connectivity index (χ3v) is 6.27. The van der Waals surface area contributed by atoms with Crippen LogP contribution in [0.1, 0.15) is 29.8 Å². The summed E-state index contributed by atoms with van der Waals surface area (Å²) in [5, 5.41) is 8.91. The molecule has 1 saturated carbocycles. The number of ether oxygens (including phenoxy) is 2. The van der Waals surface area contributed by atoms with E-state index in [9.17, 15) is 13.2 Å². The number of hydrogen-bond acceptors (Lipinski definition) is 6. The maximum atomic E-state index is 12.4. The molecule has 7 nitrogen and oxygen atoms in total. The molecule has 0 unspecified atom stereocenters. The lowest BCUT2D eigenvalue weighted by Gasteiger charge is -2.21. The standard InChI is InChI=1S/C23H25BrF3N5O2/c1-31(13-17-10-18(33-2)6-7-19(17)24)22-30-29-20(9-15-3-4-15)32(22)12-16-5-8-21(28-11-16)34-14-23(25,26)27/h5-8,10-11,15H,3-4,9,12-14H2,1-2H3. The van der Waals surface area contributed by atoms with Crippen molar-refractivity contribution in [2.75, 3.05) is 25.7 Å². The molecule has 2 aromatic heterocycles. The number of alkyl halides is 3. The summed E-state index contributed by atoms with van der Waals surface area (Å²) in [6.45, 7) is -0.354. The molecule has 11 heteroatoms. The van der Waals surface area contributed by atoms with Gasteiger partial charge in [-0.1, -0.05) is 22.0 Å². The number of pyridine rings is 1.